The van der Waals surface area contributed by atoms with Gasteiger partial charge in [-0.25, -0.2) is 4.79 Å². The third-order valence-corrected chi connectivity index (χ3v) is 4.48. The van der Waals surface area contributed by atoms with Crippen LogP contribution in [0.1, 0.15) is 16.7 Å². The number of benzene rings is 2. The molecule has 2 aromatic carbocycles. The Labute approximate surface area is 170 Å². The predicted octanol–water partition coefficient (Wildman–Crippen LogP) is 2.66. The quantitative estimate of drug-likeness (QED) is 0.667. The van der Waals surface area contributed by atoms with Crippen LogP contribution in [-0.2, 0) is 20.9 Å². The lowest BCUT2D eigenvalue weighted by Crippen LogP contribution is -2.31. The highest BCUT2D eigenvalue weighted by Crippen LogP contribution is 2.31. The topological polar surface area (TPSA) is 74.3 Å². The first kappa shape index (κ1) is 20.5. The number of aryl methyl sites for hydroxylation is 2. The van der Waals surface area contributed by atoms with Crippen molar-refractivity contribution in [3.05, 3.63) is 53.1 Å². The van der Waals surface area contributed by atoms with E-state index in [4.69, 9.17) is 18.9 Å². The average molecular weight is 399 g/mol. The minimum Gasteiger partial charge on any atom is -0.486 e. The third-order valence-electron chi connectivity index (χ3n) is 4.48. The van der Waals surface area contributed by atoms with Crippen LogP contribution in [0.4, 0.5) is 0 Å². The number of rotatable bonds is 7. The molecule has 0 atom stereocenters. The van der Waals surface area contributed by atoms with Gasteiger partial charge in [-0.05, 0) is 43.2 Å². The molecule has 0 saturated carbocycles. The summed E-state index contributed by atoms with van der Waals surface area (Å²) in [6.45, 7) is 4.71. The van der Waals surface area contributed by atoms with Gasteiger partial charge in [-0.1, -0.05) is 23.8 Å². The molecule has 3 rings (SSSR count). The summed E-state index contributed by atoms with van der Waals surface area (Å²) < 4.78 is 21.5. The molecule has 1 amide bonds. The fourth-order valence-corrected chi connectivity index (χ4v) is 2.94. The van der Waals surface area contributed by atoms with Crippen molar-refractivity contribution >= 4 is 11.9 Å². The number of likely N-dealkylation sites (N-methyl/N-ethyl adjacent to an activating group) is 1. The first-order valence-corrected chi connectivity index (χ1v) is 9.40. The van der Waals surface area contributed by atoms with Crippen molar-refractivity contribution in [3.8, 4) is 17.2 Å². The highest BCUT2D eigenvalue weighted by molar-refractivity contribution is 5.80. The van der Waals surface area contributed by atoms with Crippen LogP contribution in [0.2, 0.25) is 0 Å². The molecule has 0 radical (unpaired) electrons. The first-order valence-electron chi connectivity index (χ1n) is 9.40. The Balaban J connectivity index is 1.44. The summed E-state index contributed by atoms with van der Waals surface area (Å²) in [6.07, 6.45) is 0. The average Bonchev–Trinajstić information content (AvgIpc) is 2.71. The summed E-state index contributed by atoms with van der Waals surface area (Å²) in [5.41, 5.74) is 2.95. The zero-order valence-electron chi connectivity index (χ0n) is 16.9. The minimum absolute atomic E-state index is 0.247. The Kier molecular flexibility index (Phi) is 6.59. The summed E-state index contributed by atoms with van der Waals surface area (Å²) in [4.78, 5) is 25.6. The van der Waals surface area contributed by atoms with Crippen LogP contribution in [0.5, 0.6) is 17.2 Å². The molecule has 2 aromatic rings. The predicted molar refractivity (Wildman–Crippen MR) is 106 cm³/mol. The van der Waals surface area contributed by atoms with Crippen LogP contribution in [0.3, 0.4) is 0 Å². The van der Waals surface area contributed by atoms with Crippen molar-refractivity contribution in [2.75, 3.05) is 33.5 Å². The van der Waals surface area contributed by atoms with E-state index in [0.29, 0.717) is 37.0 Å². The number of hydrogen-bond donors (Lipinski definition) is 0. The maximum Gasteiger partial charge on any atom is 0.344 e. The highest BCUT2D eigenvalue weighted by Gasteiger charge is 2.16. The smallest absolute Gasteiger partial charge is 0.344 e. The van der Waals surface area contributed by atoms with E-state index in [9.17, 15) is 9.59 Å². The van der Waals surface area contributed by atoms with Crippen molar-refractivity contribution in [1.82, 2.24) is 4.90 Å². The van der Waals surface area contributed by atoms with Crippen LogP contribution < -0.4 is 14.2 Å². The van der Waals surface area contributed by atoms with Gasteiger partial charge in [0.25, 0.3) is 5.91 Å². The van der Waals surface area contributed by atoms with Gasteiger partial charge in [-0.2, -0.15) is 0 Å². The maximum absolute atomic E-state index is 12.3. The van der Waals surface area contributed by atoms with Gasteiger partial charge in [0.1, 0.15) is 19.0 Å². The molecule has 29 heavy (non-hydrogen) atoms. The lowest BCUT2D eigenvalue weighted by atomic mass is 10.1. The first-order chi connectivity index (χ1) is 13.9. The van der Waals surface area contributed by atoms with Gasteiger partial charge in [-0.15, -0.1) is 0 Å². The van der Waals surface area contributed by atoms with Crippen molar-refractivity contribution in [1.29, 1.82) is 0 Å². The van der Waals surface area contributed by atoms with E-state index < -0.39 is 5.97 Å². The van der Waals surface area contributed by atoms with Crippen LogP contribution in [0.25, 0.3) is 0 Å². The Morgan fingerprint density at radius 1 is 1.00 bits per heavy atom. The summed E-state index contributed by atoms with van der Waals surface area (Å²) in [5.74, 6) is 1.09. The second kappa shape index (κ2) is 9.32. The molecule has 0 spiro atoms. The number of carbonyl (C=O) groups is 2. The molecule has 0 fully saturated rings. The van der Waals surface area contributed by atoms with Crippen LogP contribution in [0.15, 0.2) is 36.4 Å². The van der Waals surface area contributed by atoms with E-state index >= 15 is 0 Å². The number of nitrogens with zero attached hydrogens (tertiary/aromatic N) is 1. The van der Waals surface area contributed by atoms with Gasteiger partial charge in [0.15, 0.2) is 24.7 Å². The van der Waals surface area contributed by atoms with Gasteiger partial charge in [0.05, 0.1) is 0 Å². The van der Waals surface area contributed by atoms with E-state index in [1.807, 2.05) is 50.2 Å². The second-order valence-corrected chi connectivity index (χ2v) is 6.95. The number of carbonyl (C=O) groups excluding carboxylic acids is 2. The number of ether oxygens (including phenoxy) is 4. The van der Waals surface area contributed by atoms with Crippen molar-refractivity contribution < 1.29 is 28.5 Å². The fourth-order valence-electron chi connectivity index (χ4n) is 2.94. The summed E-state index contributed by atoms with van der Waals surface area (Å²) in [5, 5.41) is 0. The SMILES string of the molecule is Cc1ccc(OCC(=O)OCC(=O)N(C)Cc2ccc3c(c2)OCCO3)c(C)c1. The monoisotopic (exact) mass is 399 g/mol. The van der Waals surface area contributed by atoms with E-state index in [1.54, 1.807) is 7.05 Å². The minimum atomic E-state index is -0.592. The largest absolute Gasteiger partial charge is 0.486 e. The number of fused-ring (bicyclic) bond motifs is 1. The van der Waals surface area contributed by atoms with Crippen LogP contribution in [0, 0.1) is 13.8 Å². The van der Waals surface area contributed by atoms with Gasteiger partial charge in [0.2, 0.25) is 0 Å². The maximum atomic E-state index is 12.3. The molecule has 0 aliphatic carbocycles. The van der Waals surface area contributed by atoms with Gasteiger partial charge in [-0.3, -0.25) is 4.79 Å². The van der Waals surface area contributed by atoms with Crippen molar-refractivity contribution in [2.24, 2.45) is 0 Å². The standard InChI is InChI=1S/C22H25NO6/c1-15-4-6-18(16(2)10-15)28-14-22(25)29-13-21(24)23(3)12-17-5-7-19-20(11-17)27-9-8-26-19/h4-7,10-11H,8-9,12-14H2,1-3H3. The summed E-state index contributed by atoms with van der Waals surface area (Å²) in [7, 11) is 1.65. The molecule has 0 unspecified atom stereocenters. The molecule has 7 nitrogen and oxygen atoms in total. The molecular weight excluding hydrogens is 374 g/mol. The molecule has 0 aromatic heterocycles. The second-order valence-electron chi connectivity index (χ2n) is 6.95. The normalized spacial score (nSPS) is 12.2. The van der Waals surface area contributed by atoms with Crippen molar-refractivity contribution in [3.63, 3.8) is 0 Å². The van der Waals surface area contributed by atoms with Gasteiger partial charge in [0, 0.05) is 13.6 Å². The molecule has 154 valence electrons. The van der Waals surface area contributed by atoms with Gasteiger partial charge < -0.3 is 23.8 Å². The molecule has 1 aliphatic heterocycles. The Morgan fingerprint density at radius 2 is 1.76 bits per heavy atom. The molecule has 0 bridgehead atoms. The van der Waals surface area contributed by atoms with E-state index in [2.05, 4.69) is 0 Å². The Morgan fingerprint density at radius 3 is 2.52 bits per heavy atom. The third kappa shape index (κ3) is 5.63. The summed E-state index contributed by atoms with van der Waals surface area (Å²) >= 11 is 0. The molecule has 7 heteroatoms. The van der Waals surface area contributed by atoms with Crippen molar-refractivity contribution in [2.45, 2.75) is 20.4 Å². The number of amides is 1. The Bertz CT molecular complexity index is 895. The molecular formula is C22H25NO6. The molecule has 1 heterocycles. The van der Waals surface area contributed by atoms with Gasteiger partial charge >= 0.3 is 5.97 Å². The van der Waals surface area contributed by atoms with Crippen LogP contribution in [-0.4, -0.2) is 50.3 Å². The van der Waals surface area contributed by atoms with Crippen LogP contribution >= 0.6 is 0 Å². The number of esters is 1. The highest BCUT2D eigenvalue weighted by atomic mass is 16.6. The summed E-state index contributed by atoms with van der Waals surface area (Å²) in [6, 6.07) is 11.2. The lowest BCUT2D eigenvalue weighted by molar-refractivity contribution is -0.153. The zero-order chi connectivity index (χ0) is 20.8. The molecule has 0 saturated heterocycles. The lowest BCUT2D eigenvalue weighted by Gasteiger charge is -2.21. The van der Waals surface area contributed by atoms with E-state index in [0.717, 1.165) is 16.7 Å². The van der Waals surface area contributed by atoms with E-state index in [-0.39, 0.29) is 19.1 Å². The Hall–Kier alpha value is -3.22. The zero-order valence-corrected chi connectivity index (χ0v) is 16.9. The molecule has 0 N–H and O–H groups in total. The number of hydrogen-bond acceptors (Lipinski definition) is 6. The van der Waals surface area contributed by atoms with E-state index in [1.165, 1.54) is 4.90 Å². The fraction of sp³-hybridized carbons (Fsp3) is 0.364. The molecule has 1 aliphatic rings.